The van der Waals surface area contributed by atoms with E-state index in [2.05, 4.69) is 26.8 Å². The van der Waals surface area contributed by atoms with Crippen molar-refractivity contribution in [3.63, 3.8) is 0 Å². The first-order valence-electron chi connectivity index (χ1n) is 5.42. The first-order valence-corrected chi connectivity index (χ1v) is 5.42. The van der Waals surface area contributed by atoms with Crippen molar-refractivity contribution < 1.29 is 9.53 Å². The van der Waals surface area contributed by atoms with Gasteiger partial charge in [-0.05, 0) is 23.8 Å². The lowest BCUT2D eigenvalue weighted by Gasteiger charge is -2.26. The molecule has 1 saturated heterocycles. The van der Waals surface area contributed by atoms with Gasteiger partial charge in [-0.15, -0.1) is 0 Å². The quantitative estimate of drug-likeness (QED) is 0.594. The number of Topliss-reactive ketones (excluding diaryl/α,β-unsaturated/α-hetero) is 1. The summed E-state index contributed by atoms with van der Waals surface area (Å²) in [7, 11) is 0. The lowest BCUT2D eigenvalue weighted by atomic mass is 9.76. The molecule has 14 heavy (non-hydrogen) atoms. The molecule has 2 fully saturated rings. The first-order chi connectivity index (χ1) is 6.51. The standard InChI is InChI=1S/C12H16O2/c1-7(2)9-4-8-5-11(8,3)12(6-14-12)10(9)13/h4,7-8H,5-6H2,1-3H3/t8-,11+,12-/m1/s1. The van der Waals surface area contributed by atoms with E-state index in [1.54, 1.807) is 0 Å². The molecule has 0 radical (unpaired) electrons. The monoisotopic (exact) mass is 192 g/mol. The molecule has 1 saturated carbocycles. The van der Waals surface area contributed by atoms with Crippen molar-refractivity contribution in [1.82, 2.24) is 0 Å². The molecule has 76 valence electrons. The molecule has 0 aromatic carbocycles. The molecule has 0 unspecified atom stereocenters. The fourth-order valence-corrected chi connectivity index (χ4v) is 2.88. The van der Waals surface area contributed by atoms with Gasteiger partial charge >= 0.3 is 0 Å². The summed E-state index contributed by atoms with van der Waals surface area (Å²) in [5.74, 6) is 1.21. The van der Waals surface area contributed by atoms with Crippen LogP contribution in [0.1, 0.15) is 27.2 Å². The molecular weight excluding hydrogens is 176 g/mol. The van der Waals surface area contributed by atoms with Gasteiger partial charge in [0, 0.05) is 5.41 Å². The lowest BCUT2D eigenvalue weighted by Crippen LogP contribution is -2.39. The maximum atomic E-state index is 12.2. The van der Waals surface area contributed by atoms with Crippen molar-refractivity contribution in [2.24, 2.45) is 17.3 Å². The topological polar surface area (TPSA) is 29.6 Å². The third-order valence-electron chi connectivity index (χ3n) is 4.29. The fourth-order valence-electron chi connectivity index (χ4n) is 2.88. The highest BCUT2D eigenvalue weighted by Gasteiger charge is 2.75. The van der Waals surface area contributed by atoms with Gasteiger partial charge in [0.05, 0.1) is 6.61 Å². The summed E-state index contributed by atoms with van der Waals surface area (Å²) < 4.78 is 5.50. The minimum Gasteiger partial charge on any atom is -0.360 e. The van der Waals surface area contributed by atoms with E-state index in [0.717, 1.165) is 12.0 Å². The second-order valence-electron chi connectivity index (χ2n) is 5.45. The molecule has 1 aliphatic heterocycles. The van der Waals surface area contributed by atoms with E-state index in [1.165, 1.54) is 0 Å². The van der Waals surface area contributed by atoms with Gasteiger partial charge in [0.25, 0.3) is 0 Å². The van der Waals surface area contributed by atoms with E-state index in [1.807, 2.05) is 0 Å². The van der Waals surface area contributed by atoms with Crippen LogP contribution in [-0.4, -0.2) is 18.0 Å². The summed E-state index contributed by atoms with van der Waals surface area (Å²) in [6, 6.07) is 0. The highest BCUT2D eigenvalue weighted by Crippen LogP contribution is 2.69. The molecule has 2 heteroatoms. The minimum absolute atomic E-state index is 0.141. The average Bonchev–Trinajstić information content (AvgIpc) is 2.94. The molecule has 0 N–H and O–H groups in total. The van der Waals surface area contributed by atoms with Gasteiger partial charge in [0.15, 0.2) is 11.4 Å². The summed E-state index contributed by atoms with van der Waals surface area (Å²) in [6.07, 6.45) is 3.33. The van der Waals surface area contributed by atoms with Crippen LogP contribution in [0.15, 0.2) is 11.6 Å². The highest BCUT2D eigenvalue weighted by atomic mass is 16.6. The Bertz CT molecular complexity index is 349. The minimum atomic E-state index is -0.397. The summed E-state index contributed by atoms with van der Waals surface area (Å²) in [5.41, 5.74) is 0.747. The first kappa shape index (κ1) is 8.66. The number of hydrogen-bond acceptors (Lipinski definition) is 2. The molecule has 0 aromatic rings. The lowest BCUT2D eigenvalue weighted by molar-refractivity contribution is -0.123. The van der Waals surface area contributed by atoms with Crippen LogP contribution >= 0.6 is 0 Å². The maximum absolute atomic E-state index is 12.2. The van der Waals surface area contributed by atoms with Crippen LogP contribution in [0.2, 0.25) is 0 Å². The van der Waals surface area contributed by atoms with E-state index in [0.29, 0.717) is 18.4 Å². The van der Waals surface area contributed by atoms with Crippen LogP contribution in [0.4, 0.5) is 0 Å². The number of rotatable bonds is 1. The Morgan fingerprint density at radius 1 is 1.57 bits per heavy atom. The number of hydrogen-bond donors (Lipinski definition) is 0. The van der Waals surface area contributed by atoms with Crippen LogP contribution < -0.4 is 0 Å². The molecule has 0 aromatic heterocycles. The van der Waals surface area contributed by atoms with Crippen molar-refractivity contribution >= 4 is 5.78 Å². The molecule has 3 aliphatic rings. The average molecular weight is 192 g/mol. The number of epoxide rings is 1. The molecule has 2 aliphatic carbocycles. The molecule has 1 heterocycles. The Kier molecular flexibility index (Phi) is 1.32. The van der Waals surface area contributed by atoms with Crippen molar-refractivity contribution in [2.75, 3.05) is 6.61 Å². The Morgan fingerprint density at radius 2 is 2.21 bits per heavy atom. The Labute approximate surface area is 84.3 Å². The summed E-state index contributed by atoms with van der Waals surface area (Å²) in [6.45, 7) is 7.02. The van der Waals surface area contributed by atoms with Gasteiger partial charge in [-0.1, -0.05) is 26.8 Å². The summed E-state index contributed by atoms with van der Waals surface area (Å²) in [4.78, 5) is 12.2. The van der Waals surface area contributed by atoms with Crippen molar-refractivity contribution in [3.8, 4) is 0 Å². The van der Waals surface area contributed by atoms with Crippen LogP contribution in [0, 0.1) is 17.3 Å². The molecular formula is C12H16O2. The SMILES string of the molecule is CC(C)C1=C[C@@H]2C[C@]2(C)[C@@]2(CO2)C1=O. The van der Waals surface area contributed by atoms with E-state index in [9.17, 15) is 4.79 Å². The number of allylic oxidation sites excluding steroid dienone is 1. The van der Waals surface area contributed by atoms with Gasteiger partial charge in [-0.3, -0.25) is 4.79 Å². The fraction of sp³-hybridized carbons (Fsp3) is 0.750. The zero-order chi connectivity index (χ0) is 10.1. The van der Waals surface area contributed by atoms with Crippen LogP contribution in [0.3, 0.4) is 0 Å². The van der Waals surface area contributed by atoms with E-state index in [4.69, 9.17) is 4.74 Å². The Balaban J connectivity index is 2.06. The van der Waals surface area contributed by atoms with Crippen LogP contribution in [0.25, 0.3) is 0 Å². The Hall–Kier alpha value is -0.630. The van der Waals surface area contributed by atoms with Gasteiger partial charge in [0.1, 0.15) is 0 Å². The van der Waals surface area contributed by atoms with Crippen molar-refractivity contribution in [1.29, 1.82) is 0 Å². The number of fused-ring (bicyclic) bond motifs is 2. The number of ketones is 1. The summed E-state index contributed by atoms with van der Waals surface area (Å²) in [5, 5.41) is 0. The predicted molar refractivity (Wildman–Crippen MR) is 52.8 cm³/mol. The number of ether oxygens (including phenoxy) is 1. The predicted octanol–water partition coefficient (Wildman–Crippen LogP) is 1.95. The van der Waals surface area contributed by atoms with Gasteiger partial charge in [-0.25, -0.2) is 0 Å². The number of carbonyl (C=O) groups is 1. The van der Waals surface area contributed by atoms with Crippen LogP contribution in [0.5, 0.6) is 0 Å². The van der Waals surface area contributed by atoms with E-state index < -0.39 is 5.60 Å². The third-order valence-corrected chi connectivity index (χ3v) is 4.29. The molecule has 1 spiro atoms. The van der Waals surface area contributed by atoms with Crippen LogP contribution in [-0.2, 0) is 9.53 Å². The zero-order valence-electron chi connectivity index (χ0n) is 8.96. The molecule has 0 amide bonds. The third kappa shape index (κ3) is 0.750. The molecule has 2 nitrogen and oxygen atoms in total. The van der Waals surface area contributed by atoms with Gasteiger partial charge < -0.3 is 4.74 Å². The Morgan fingerprint density at radius 3 is 2.71 bits per heavy atom. The second kappa shape index (κ2) is 2.13. The van der Waals surface area contributed by atoms with E-state index in [-0.39, 0.29) is 11.2 Å². The summed E-state index contributed by atoms with van der Waals surface area (Å²) >= 11 is 0. The molecule has 3 atom stereocenters. The van der Waals surface area contributed by atoms with Crippen molar-refractivity contribution in [3.05, 3.63) is 11.6 Å². The zero-order valence-corrected chi connectivity index (χ0v) is 8.96. The smallest absolute Gasteiger partial charge is 0.193 e. The second-order valence-corrected chi connectivity index (χ2v) is 5.45. The maximum Gasteiger partial charge on any atom is 0.193 e. The molecule has 3 rings (SSSR count). The van der Waals surface area contributed by atoms with Crippen molar-refractivity contribution in [2.45, 2.75) is 32.8 Å². The molecule has 0 bridgehead atoms. The van der Waals surface area contributed by atoms with Gasteiger partial charge in [0.2, 0.25) is 0 Å². The van der Waals surface area contributed by atoms with E-state index >= 15 is 0 Å². The largest absolute Gasteiger partial charge is 0.360 e. The normalized spacial score (nSPS) is 49.3. The van der Waals surface area contributed by atoms with Gasteiger partial charge in [-0.2, -0.15) is 0 Å². The number of carbonyl (C=O) groups excluding carboxylic acids is 1. The highest BCUT2D eigenvalue weighted by molar-refractivity contribution is 6.06.